The number of hydrogen-bond acceptors (Lipinski definition) is 5. The average Bonchev–Trinajstić information content (AvgIpc) is 3.24. The van der Waals surface area contributed by atoms with Crippen molar-refractivity contribution < 1.29 is 14.7 Å². The molecule has 5 nitrogen and oxygen atoms in total. The van der Waals surface area contributed by atoms with Gasteiger partial charge in [0.2, 0.25) is 5.91 Å². The van der Waals surface area contributed by atoms with Crippen LogP contribution in [0.25, 0.3) is 9.88 Å². The maximum absolute atomic E-state index is 13.2. The molecule has 1 fully saturated rings. The number of carboxylic acid groups (broad SMARTS) is 1. The molecule has 1 saturated carbocycles. The largest absolute Gasteiger partial charge is 0.478 e. The van der Waals surface area contributed by atoms with Gasteiger partial charge in [-0.1, -0.05) is 6.92 Å². The topological polar surface area (TPSA) is 70.5 Å². The highest BCUT2D eigenvalue weighted by atomic mass is 32.1. The zero-order valence-electron chi connectivity index (χ0n) is 15.3. The van der Waals surface area contributed by atoms with Crippen LogP contribution >= 0.6 is 22.7 Å². The van der Waals surface area contributed by atoms with Gasteiger partial charge in [0, 0.05) is 23.5 Å². The second kappa shape index (κ2) is 7.88. The second-order valence-electron chi connectivity index (χ2n) is 7.23. The number of carbonyl (C=O) groups excluding carboxylic acids is 1. The third-order valence-electron chi connectivity index (χ3n) is 4.92. The van der Waals surface area contributed by atoms with Gasteiger partial charge in [0.05, 0.1) is 10.4 Å². The quantitative estimate of drug-likeness (QED) is 0.765. The van der Waals surface area contributed by atoms with Gasteiger partial charge in [-0.2, -0.15) is 0 Å². The Morgan fingerprint density at radius 3 is 2.50 bits per heavy atom. The third kappa shape index (κ3) is 3.83. The highest BCUT2D eigenvalue weighted by molar-refractivity contribution is 7.23. The van der Waals surface area contributed by atoms with E-state index in [9.17, 15) is 14.7 Å². The predicted molar refractivity (Wildman–Crippen MR) is 106 cm³/mol. The maximum atomic E-state index is 13.2. The summed E-state index contributed by atoms with van der Waals surface area (Å²) in [6.45, 7) is 6.11. The van der Waals surface area contributed by atoms with Crippen molar-refractivity contribution in [3.8, 4) is 9.88 Å². The molecule has 0 atom stereocenters. The molecule has 0 unspecified atom stereocenters. The first-order valence-corrected chi connectivity index (χ1v) is 10.7. The zero-order chi connectivity index (χ0) is 18.8. The van der Waals surface area contributed by atoms with E-state index in [1.54, 1.807) is 17.2 Å². The average molecular weight is 393 g/mol. The van der Waals surface area contributed by atoms with E-state index in [2.05, 4.69) is 11.9 Å². The fourth-order valence-electron chi connectivity index (χ4n) is 3.46. The van der Waals surface area contributed by atoms with Crippen molar-refractivity contribution in [1.29, 1.82) is 0 Å². The fourth-order valence-corrected chi connectivity index (χ4v) is 5.45. The Bertz CT molecular complexity index is 775. The van der Waals surface area contributed by atoms with Gasteiger partial charge in [0.1, 0.15) is 10.0 Å². The van der Waals surface area contributed by atoms with Gasteiger partial charge in [-0.3, -0.25) is 4.79 Å². The molecule has 0 aromatic carbocycles. The van der Waals surface area contributed by atoms with Crippen molar-refractivity contribution in [2.24, 2.45) is 11.8 Å². The van der Waals surface area contributed by atoms with Crippen LogP contribution in [0.3, 0.4) is 0 Å². The lowest BCUT2D eigenvalue weighted by atomic mass is 9.82. The highest BCUT2D eigenvalue weighted by Gasteiger charge is 2.33. The molecule has 140 valence electrons. The molecule has 0 spiro atoms. The van der Waals surface area contributed by atoms with Crippen molar-refractivity contribution in [3.63, 3.8) is 0 Å². The molecule has 2 heterocycles. The molecule has 3 rings (SSSR count). The Morgan fingerprint density at radius 2 is 1.96 bits per heavy atom. The predicted octanol–water partition coefficient (Wildman–Crippen LogP) is 5.14. The molecular weight excluding hydrogens is 368 g/mol. The van der Waals surface area contributed by atoms with Crippen molar-refractivity contribution in [2.45, 2.75) is 52.5 Å². The Kier molecular flexibility index (Phi) is 5.77. The molecule has 2 aromatic rings. The van der Waals surface area contributed by atoms with E-state index in [0.717, 1.165) is 35.6 Å². The van der Waals surface area contributed by atoms with Crippen LogP contribution in [0.1, 0.15) is 56.8 Å². The van der Waals surface area contributed by atoms with Crippen LogP contribution in [0, 0.1) is 11.8 Å². The normalized spacial score (nSPS) is 20.3. The summed E-state index contributed by atoms with van der Waals surface area (Å²) in [7, 11) is 0. The van der Waals surface area contributed by atoms with Gasteiger partial charge in [-0.05, 0) is 51.5 Å². The van der Waals surface area contributed by atoms with Crippen LogP contribution < -0.4 is 4.90 Å². The molecule has 1 aliphatic carbocycles. The van der Waals surface area contributed by atoms with E-state index in [0.29, 0.717) is 10.9 Å². The number of amides is 1. The first-order valence-electron chi connectivity index (χ1n) is 8.98. The maximum Gasteiger partial charge on any atom is 0.338 e. The van der Waals surface area contributed by atoms with E-state index in [-0.39, 0.29) is 23.4 Å². The van der Waals surface area contributed by atoms with Gasteiger partial charge >= 0.3 is 5.97 Å². The molecular formula is C19H24N2O3S2. The minimum Gasteiger partial charge on any atom is -0.478 e. The summed E-state index contributed by atoms with van der Waals surface area (Å²) in [4.78, 5) is 31.8. The number of aromatic carboxylic acids is 1. The summed E-state index contributed by atoms with van der Waals surface area (Å²) in [5, 5.41) is 12.9. The lowest BCUT2D eigenvalue weighted by Gasteiger charge is -2.33. The van der Waals surface area contributed by atoms with Crippen LogP contribution in [0.5, 0.6) is 0 Å². The van der Waals surface area contributed by atoms with Crippen LogP contribution in [0.2, 0.25) is 0 Å². The lowest BCUT2D eigenvalue weighted by Crippen LogP contribution is -2.42. The number of rotatable bonds is 5. The van der Waals surface area contributed by atoms with Gasteiger partial charge in [-0.25, -0.2) is 9.78 Å². The summed E-state index contributed by atoms with van der Waals surface area (Å²) < 4.78 is 0. The molecule has 1 aliphatic rings. The summed E-state index contributed by atoms with van der Waals surface area (Å²) >= 11 is 2.82. The molecule has 2 aromatic heterocycles. The monoisotopic (exact) mass is 392 g/mol. The van der Waals surface area contributed by atoms with Crippen LogP contribution in [0.15, 0.2) is 17.6 Å². The zero-order valence-corrected chi connectivity index (χ0v) is 16.9. The van der Waals surface area contributed by atoms with Crippen LogP contribution in [-0.4, -0.2) is 28.0 Å². The summed E-state index contributed by atoms with van der Waals surface area (Å²) in [5.41, 5.74) is 0.187. The number of aromatic nitrogens is 1. The van der Waals surface area contributed by atoms with Crippen molar-refractivity contribution in [3.05, 3.63) is 23.2 Å². The van der Waals surface area contributed by atoms with E-state index in [1.165, 1.54) is 22.7 Å². The van der Waals surface area contributed by atoms with E-state index >= 15 is 0 Å². The van der Waals surface area contributed by atoms with Crippen molar-refractivity contribution in [1.82, 2.24) is 4.98 Å². The molecule has 1 amide bonds. The molecule has 1 N–H and O–H groups in total. The van der Waals surface area contributed by atoms with Crippen LogP contribution in [-0.2, 0) is 4.79 Å². The number of nitrogens with zero attached hydrogens (tertiary/aromatic N) is 2. The summed E-state index contributed by atoms with van der Waals surface area (Å²) in [6.07, 6.45) is 5.59. The number of thiazole rings is 1. The SMILES string of the molecule is CC1CCC(C(=O)N(c2sc(-c3nccs3)cc2C(=O)O)C(C)C)CC1. The Balaban J connectivity index is 1.97. The highest BCUT2D eigenvalue weighted by Crippen LogP contribution is 2.41. The molecule has 0 radical (unpaired) electrons. The molecule has 0 saturated heterocycles. The number of anilines is 1. The number of carboxylic acids is 1. The number of thiophene rings is 1. The minimum absolute atomic E-state index is 0.0133. The van der Waals surface area contributed by atoms with Gasteiger partial charge in [-0.15, -0.1) is 22.7 Å². The first kappa shape index (κ1) is 19.0. The lowest BCUT2D eigenvalue weighted by molar-refractivity contribution is -0.123. The van der Waals surface area contributed by atoms with E-state index in [1.807, 2.05) is 19.2 Å². The summed E-state index contributed by atoms with van der Waals surface area (Å²) in [6, 6.07) is 1.55. The number of carbonyl (C=O) groups is 2. The van der Waals surface area contributed by atoms with Gasteiger partial charge in [0.15, 0.2) is 0 Å². The second-order valence-corrected chi connectivity index (χ2v) is 9.16. The summed E-state index contributed by atoms with van der Waals surface area (Å²) in [5.74, 6) is -0.295. The molecule has 7 heteroatoms. The smallest absolute Gasteiger partial charge is 0.338 e. The Morgan fingerprint density at radius 1 is 1.27 bits per heavy atom. The third-order valence-corrected chi connectivity index (χ3v) is 7.00. The fraction of sp³-hybridized carbons (Fsp3) is 0.526. The van der Waals surface area contributed by atoms with E-state index < -0.39 is 5.97 Å². The van der Waals surface area contributed by atoms with E-state index in [4.69, 9.17) is 0 Å². The Hall–Kier alpha value is -1.73. The van der Waals surface area contributed by atoms with Gasteiger partial charge in [0.25, 0.3) is 0 Å². The Labute approximate surface area is 161 Å². The van der Waals surface area contributed by atoms with Gasteiger partial charge < -0.3 is 10.0 Å². The first-order chi connectivity index (χ1) is 12.4. The molecule has 26 heavy (non-hydrogen) atoms. The van der Waals surface area contributed by atoms with Crippen molar-refractivity contribution in [2.75, 3.05) is 4.90 Å². The van der Waals surface area contributed by atoms with Crippen molar-refractivity contribution >= 4 is 39.6 Å². The standard InChI is InChI=1S/C19H24N2O3S2/c1-11(2)21(17(22)13-6-4-12(3)5-7-13)18-14(19(23)24)10-15(26-18)16-20-8-9-25-16/h8-13H,4-7H2,1-3H3,(H,23,24). The minimum atomic E-state index is -1.00. The molecule has 0 bridgehead atoms. The molecule has 0 aliphatic heterocycles. The van der Waals surface area contributed by atoms with Crippen LogP contribution in [0.4, 0.5) is 5.00 Å². The number of hydrogen-bond donors (Lipinski definition) is 1.